The third-order valence-electron chi connectivity index (χ3n) is 3.93. The number of ether oxygens (including phenoxy) is 1. The molecule has 0 spiro atoms. The molecule has 1 aliphatic heterocycles. The highest BCUT2D eigenvalue weighted by Crippen LogP contribution is 2.35. The molecule has 1 saturated heterocycles. The van der Waals surface area contributed by atoms with Crippen molar-refractivity contribution in [3.8, 4) is 5.88 Å². The zero-order valence-corrected chi connectivity index (χ0v) is 12.0. The van der Waals surface area contributed by atoms with E-state index in [0.717, 1.165) is 0 Å². The second-order valence-corrected chi connectivity index (χ2v) is 5.57. The number of nitrogens with zero attached hydrogens (tertiary/aromatic N) is 4. The summed E-state index contributed by atoms with van der Waals surface area (Å²) < 4.78 is 8.40. The molecule has 4 atom stereocenters. The summed E-state index contributed by atoms with van der Waals surface area (Å²) in [7, 11) is 1.61. The lowest BCUT2D eigenvalue weighted by molar-refractivity contribution is -0.752. The first kappa shape index (κ1) is 14.9. The smallest absolute Gasteiger partial charge is 0.309 e. The lowest BCUT2D eigenvalue weighted by Crippen LogP contribution is -2.53. The maximum atomic E-state index is 11.9. The van der Waals surface area contributed by atoms with Crippen molar-refractivity contribution in [3.05, 3.63) is 6.33 Å². The molecule has 2 aromatic rings. The van der Waals surface area contributed by atoms with E-state index in [9.17, 15) is 20.4 Å². The van der Waals surface area contributed by atoms with Gasteiger partial charge in [-0.2, -0.15) is 0 Å². The van der Waals surface area contributed by atoms with Crippen LogP contribution in [0.4, 0.5) is 5.95 Å². The molecule has 1 fully saturated rings. The zero-order chi connectivity index (χ0) is 16.2. The molecule has 0 bridgehead atoms. The molecule has 10 heteroatoms. The van der Waals surface area contributed by atoms with Crippen LogP contribution in [0.1, 0.15) is 13.2 Å². The van der Waals surface area contributed by atoms with Crippen LogP contribution in [0.2, 0.25) is 0 Å². The van der Waals surface area contributed by atoms with E-state index >= 15 is 0 Å². The molecule has 3 heterocycles. The highest BCUT2D eigenvalue weighted by atomic mass is 16.6. The normalized spacial score (nSPS) is 32.0. The Morgan fingerprint density at radius 1 is 1.55 bits per heavy atom. The average Bonchev–Trinajstić information content (AvgIpc) is 2.86. The molecule has 0 amide bonds. The molecule has 120 valence electrons. The molecule has 5 N–H and O–H groups in total. The van der Waals surface area contributed by atoms with Crippen molar-refractivity contribution in [2.75, 3.05) is 12.3 Å². The quantitative estimate of drug-likeness (QED) is 0.426. The Kier molecular flexibility index (Phi) is 3.22. The van der Waals surface area contributed by atoms with Gasteiger partial charge in [-0.05, 0) is 6.92 Å². The first-order chi connectivity index (χ1) is 10.3. The van der Waals surface area contributed by atoms with Crippen molar-refractivity contribution in [1.29, 1.82) is 0 Å². The van der Waals surface area contributed by atoms with Crippen LogP contribution in [0.5, 0.6) is 5.88 Å². The van der Waals surface area contributed by atoms with Crippen LogP contribution >= 0.6 is 0 Å². The van der Waals surface area contributed by atoms with Crippen LogP contribution in [0.25, 0.3) is 11.2 Å². The number of anilines is 1. The average molecular weight is 311 g/mol. The molecular weight excluding hydrogens is 294 g/mol. The van der Waals surface area contributed by atoms with E-state index in [1.807, 2.05) is 0 Å². The van der Waals surface area contributed by atoms with Crippen molar-refractivity contribution < 1.29 is 29.7 Å². The Morgan fingerprint density at radius 3 is 2.82 bits per heavy atom. The fourth-order valence-corrected chi connectivity index (χ4v) is 2.79. The number of aliphatic hydroxyl groups is 3. The van der Waals surface area contributed by atoms with Crippen LogP contribution in [0.15, 0.2) is 6.33 Å². The third kappa shape index (κ3) is 1.92. The second-order valence-electron chi connectivity index (χ2n) is 5.57. The fraction of sp³-hybridized carbons (Fsp3) is 0.583. The van der Waals surface area contributed by atoms with Crippen molar-refractivity contribution in [3.63, 3.8) is 0 Å². The van der Waals surface area contributed by atoms with E-state index in [1.165, 1.54) is 22.4 Å². The Labute approximate surface area is 125 Å². The molecule has 3 rings (SSSR count). The Hall–Kier alpha value is -2.01. The van der Waals surface area contributed by atoms with E-state index in [1.54, 1.807) is 7.05 Å². The van der Waals surface area contributed by atoms with Gasteiger partial charge in [-0.25, -0.2) is 9.55 Å². The molecule has 22 heavy (non-hydrogen) atoms. The van der Waals surface area contributed by atoms with Crippen molar-refractivity contribution >= 4 is 17.1 Å². The summed E-state index contributed by atoms with van der Waals surface area (Å²) >= 11 is 0. The van der Waals surface area contributed by atoms with Crippen molar-refractivity contribution in [2.24, 2.45) is 7.05 Å². The van der Waals surface area contributed by atoms with Gasteiger partial charge in [0.05, 0.1) is 13.7 Å². The van der Waals surface area contributed by atoms with Gasteiger partial charge in [-0.15, -0.1) is 0 Å². The number of aromatic nitrogens is 4. The number of aliphatic hydroxyl groups excluding tert-OH is 2. The third-order valence-corrected chi connectivity index (χ3v) is 3.93. The van der Waals surface area contributed by atoms with Crippen LogP contribution in [0, 0.1) is 0 Å². The molecular formula is C12H17N5O5. The lowest BCUT2D eigenvalue weighted by atomic mass is 9.96. The van der Waals surface area contributed by atoms with Gasteiger partial charge < -0.3 is 30.9 Å². The number of aryl methyl sites for hydroxylation is 1. The largest absolute Gasteiger partial charge is 0.856 e. The Bertz CT molecular complexity index is 730. The summed E-state index contributed by atoms with van der Waals surface area (Å²) in [5.74, 6) is -0.755. The van der Waals surface area contributed by atoms with Gasteiger partial charge in [0.2, 0.25) is 6.23 Å². The van der Waals surface area contributed by atoms with E-state index in [0.29, 0.717) is 0 Å². The first-order valence-electron chi connectivity index (χ1n) is 6.64. The van der Waals surface area contributed by atoms with Crippen molar-refractivity contribution in [2.45, 2.75) is 31.0 Å². The van der Waals surface area contributed by atoms with Gasteiger partial charge in [-0.3, -0.25) is 4.57 Å². The second kappa shape index (κ2) is 4.74. The number of rotatable bonds is 2. The standard InChI is InChI=1S/C12H17N5O5/c1-12(21)7(19)5(3-18)22-10(12)17-4-16(2)6-8(17)14-11(13)15-9(6)20/h4-5,7,10,18-19,21H,3H2,1-2H3,(H2-,13,14,15,20)/t5-,7-,10-,12-/m1/s1. The highest BCUT2D eigenvalue weighted by molar-refractivity contribution is 5.74. The lowest BCUT2D eigenvalue weighted by Gasteiger charge is -2.24. The molecule has 0 saturated carbocycles. The summed E-state index contributed by atoms with van der Waals surface area (Å²) in [4.78, 5) is 7.59. The molecule has 1 aliphatic rings. The van der Waals surface area contributed by atoms with Gasteiger partial charge in [-0.1, -0.05) is 4.98 Å². The van der Waals surface area contributed by atoms with Gasteiger partial charge in [0.15, 0.2) is 11.8 Å². The van der Waals surface area contributed by atoms with Gasteiger partial charge in [0.1, 0.15) is 17.8 Å². The number of fused-ring (bicyclic) bond motifs is 1. The van der Waals surface area contributed by atoms with Gasteiger partial charge in [0, 0.05) is 5.88 Å². The summed E-state index contributed by atoms with van der Waals surface area (Å²) in [5, 5.41) is 41.7. The monoisotopic (exact) mass is 311 g/mol. The van der Waals surface area contributed by atoms with Crippen molar-refractivity contribution in [1.82, 2.24) is 14.5 Å². The minimum atomic E-state index is -1.69. The predicted molar refractivity (Wildman–Crippen MR) is 70.2 cm³/mol. The molecule has 2 aromatic heterocycles. The molecule has 0 unspecified atom stereocenters. The Balaban J connectivity index is 2.19. The summed E-state index contributed by atoms with van der Waals surface area (Å²) in [6.07, 6.45) is -1.80. The maximum Gasteiger partial charge on any atom is 0.309 e. The number of hydrogen-bond acceptors (Lipinski definition) is 8. The number of hydrogen-bond donors (Lipinski definition) is 4. The highest BCUT2D eigenvalue weighted by Gasteiger charge is 2.55. The summed E-state index contributed by atoms with van der Waals surface area (Å²) in [6.45, 7) is 0.926. The van der Waals surface area contributed by atoms with E-state index in [4.69, 9.17) is 10.5 Å². The van der Waals surface area contributed by atoms with E-state index in [-0.39, 0.29) is 17.1 Å². The maximum absolute atomic E-state index is 11.9. The minimum absolute atomic E-state index is 0.177. The van der Waals surface area contributed by atoms with E-state index in [2.05, 4.69) is 9.97 Å². The molecule has 10 nitrogen and oxygen atoms in total. The first-order valence-corrected chi connectivity index (χ1v) is 6.64. The fourth-order valence-electron chi connectivity index (χ4n) is 2.79. The topological polar surface area (TPSA) is 154 Å². The summed E-state index contributed by atoms with van der Waals surface area (Å²) in [5.41, 5.74) is 4.19. The zero-order valence-electron chi connectivity index (χ0n) is 12.0. The SMILES string of the molecule is Cn1c[n+]([C@@H]2O[C@H](CO)[C@@H](O)[C@@]2(C)O)c2nc(N)nc([O-])c21. The van der Waals surface area contributed by atoms with Gasteiger partial charge in [0.25, 0.3) is 5.95 Å². The number of imidazole rings is 1. The molecule has 0 aromatic carbocycles. The van der Waals surface area contributed by atoms with E-state index < -0.39 is 36.5 Å². The van der Waals surface area contributed by atoms with Crippen LogP contribution in [-0.2, 0) is 11.8 Å². The number of nitrogen functional groups attached to an aromatic ring is 1. The van der Waals surface area contributed by atoms with Crippen LogP contribution in [-0.4, -0.2) is 54.3 Å². The predicted octanol–water partition coefficient (Wildman–Crippen LogP) is -3.09. The molecule has 0 aliphatic carbocycles. The molecule has 0 radical (unpaired) electrons. The van der Waals surface area contributed by atoms with Crippen LogP contribution in [0.3, 0.4) is 0 Å². The number of nitrogens with two attached hydrogens (primary N) is 1. The van der Waals surface area contributed by atoms with Crippen LogP contribution < -0.4 is 15.4 Å². The van der Waals surface area contributed by atoms with Gasteiger partial charge >= 0.3 is 5.65 Å². The Morgan fingerprint density at radius 2 is 2.23 bits per heavy atom. The summed E-state index contributed by atoms with van der Waals surface area (Å²) in [6, 6.07) is 0. The minimum Gasteiger partial charge on any atom is -0.856 e.